The molecule has 4 unspecified atom stereocenters. The molecule has 11 nitrogen and oxygen atoms in total. The molecule has 0 aliphatic carbocycles. The van der Waals surface area contributed by atoms with Gasteiger partial charge in [0.25, 0.3) is 0 Å². The van der Waals surface area contributed by atoms with Crippen molar-refractivity contribution in [3.63, 3.8) is 0 Å². The Kier molecular flexibility index (Phi) is 13.2. The van der Waals surface area contributed by atoms with E-state index in [-0.39, 0.29) is 18.1 Å². The van der Waals surface area contributed by atoms with Gasteiger partial charge in [0.15, 0.2) is 0 Å². The molecule has 0 fully saturated rings. The van der Waals surface area contributed by atoms with Gasteiger partial charge >= 0.3 is 11.9 Å². The number of aliphatic carboxylic acids is 2. The monoisotopic (exact) mass is 466 g/mol. The van der Waals surface area contributed by atoms with Gasteiger partial charge in [0.1, 0.15) is 18.1 Å². The zero-order chi connectivity index (χ0) is 23.4. The fourth-order valence-electron chi connectivity index (χ4n) is 2.19. The Morgan fingerprint density at radius 2 is 1.43 bits per heavy atom. The van der Waals surface area contributed by atoms with Gasteiger partial charge in [-0.25, -0.2) is 4.79 Å². The maximum Gasteiger partial charge on any atom is 0.326 e. The van der Waals surface area contributed by atoms with Crippen molar-refractivity contribution in [1.82, 2.24) is 16.0 Å². The number of carbonyl (C=O) groups excluding carboxylic acids is 3. The molecule has 0 aromatic rings. The molecule has 0 aromatic heterocycles. The summed E-state index contributed by atoms with van der Waals surface area (Å²) in [5.41, 5.74) is 5.71. The van der Waals surface area contributed by atoms with E-state index in [9.17, 15) is 29.1 Å². The Labute approximate surface area is 184 Å². The SMILES string of the molecule is CSCCC(NC(=O)C(CS)NC(=O)C(CC(=O)O)NC(=O)C(N)C(C)C)C(=O)O. The average molecular weight is 467 g/mol. The first-order valence-corrected chi connectivity index (χ1v) is 11.2. The summed E-state index contributed by atoms with van der Waals surface area (Å²) in [6, 6.07) is -4.81. The summed E-state index contributed by atoms with van der Waals surface area (Å²) < 4.78 is 0. The highest BCUT2D eigenvalue weighted by Gasteiger charge is 2.31. The lowest BCUT2D eigenvalue weighted by Gasteiger charge is -2.24. The maximum absolute atomic E-state index is 12.5. The van der Waals surface area contributed by atoms with Crippen LogP contribution in [0.3, 0.4) is 0 Å². The van der Waals surface area contributed by atoms with Crippen LogP contribution < -0.4 is 21.7 Å². The summed E-state index contributed by atoms with van der Waals surface area (Å²) in [4.78, 5) is 59.4. The minimum Gasteiger partial charge on any atom is -0.481 e. The van der Waals surface area contributed by atoms with Gasteiger partial charge in [-0.2, -0.15) is 24.4 Å². The lowest BCUT2D eigenvalue weighted by atomic mass is 10.0. The van der Waals surface area contributed by atoms with E-state index < -0.39 is 60.2 Å². The Morgan fingerprint density at radius 1 is 0.933 bits per heavy atom. The highest BCUT2D eigenvalue weighted by Crippen LogP contribution is 2.04. The van der Waals surface area contributed by atoms with Crippen LogP contribution in [-0.4, -0.2) is 81.8 Å². The molecule has 13 heteroatoms. The lowest BCUT2D eigenvalue weighted by Crippen LogP contribution is -2.58. The predicted octanol–water partition coefficient (Wildman–Crippen LogP) is -1.33. The summed E-state index contributed by atoms with van der Waals surface area (Å²) in [6.45, 7) is 3.38. The van der Waals surface area contributed by atoms with Gasteiger partial charge in [-0.1, -0.05) is 13.8 Å². The third-order valence-electron chi connectivity index (χ3n) is 4.07. The van der Waals surface area contributed by atoms with Crippen LogP contribution in [-0.2, 0) is 24.0 Å². The van der Waals surface area contributed by atoms with Crippen LogP contribution in [0.4, 0.5) is 0 Å². The van der Waals surface area contributed by atoms with Gasteiger partial charge < -0.3 is 31.9 Å². The van der Waals surface area contributed by atoms with Gasteiger partial charge in [0.2, 0.25) is 17.7 Å². The standard InChI is InChI=1S/C17H30N4O7S2/c1-8(2)13(18)16(26)20-10(6-12(22)23)14(24)21-11(7-29)15(25)19-9(17(27)28)4-5-30-3/h8-11,13,29H,4-7,18H2,1-3H3,(H,19,25)(H,20,26)(H,21,24)(H,22,23)(H,27,28). The molecule has 3 amide bonds. The molecule has 7 N–H and O–H groups in total. The Morgan fingerprint density at radius 3 is 1.87 bits per heavy atom. The average Bonchev–Trinajstić information content (AvgIpc) is 2.66. The molecule has 0 aliphatic rings. The van der Waals surface area contributed by atoms with Crippen molar-refractivity contribution in [2.24, 2.45) is 11.7 Å². The van der Waals surface area contributed by atoms with Crippen LogP contribution in [0.15, 0.2) is 0 Å². The molecule has 0 saturated heterocycles. The first kappa shape index (κ1) is 28.0. The second-order valence-corrected chi connectivity index (χ2v) is 8.20. The Hall–Kier alpha value is -1.99. The van der Waals surface area contributed by atoms with E-state index in [0.29, 0.717) is 5.75 Å². The first-order chi connectivity index (χ1) is 13.9. The fraction of sp³-hybridized carbons (Fsp3) is 0.706. The van der Waals surface area contributed by atoms with Gasteiger partial charge in [-0.15, -0.1) is 0 Å². The maximum atomic E-state index is 12.5. The van der Waals surface area contributed by atoms with Crippen LogP contribution >= 0.6 is 24.4 Å². The second-order valence-electron chi connectivity index (χ2n) is 6.85. The third-order valence-corrected chi connectivity index (χ3v) is 5.08. The zero-order valence-corrected chi connectivity index (χ0v) is 18.8. The van der Waals surface area contributed by atoms with Crippen molar-refractivity contribution in [1.29, 1.82) is 0 Å². The quantitative estimate of drug-likeness (QED) is 0.152. The van der Waals surface area contributed by atoms with E-state index >= 15 is 0 Å². The molecule has 0 saturated carbocycles. The number of carboxylic acids is 2. The predicted molar refractivity (Wildman–Crippen MR) is 115 cm³/mol. The molecule has 0 radical (unpaired) electrons. The third kappa shape index (κ3) is 10.2. The molecule has 0 rings (SSSR count). The number of carbonyl (C=O) groups is 5. The topological polar surface area (TPSA) is 188 Å². The van der Waals surface area contributed by atoms with Crippen molar-refractivity contribution >= 4 is 54.1 Å². The summed E-state index contributed by atoms with van der Waals surface area (Å²) in [5.74, 6) is -4.91. The Bertz CT molecular complexity index is 633. The van der Waals surface area contributed by atoms with E-state index in [1.807, 2.05) is 0 Å². The lowest BCUT2D eigenvalue weighted by molar-refractivity contribution is -0.143. The summed E-state index contributed by atoms with van der Waals surface area (Å²) in [6.07, 6.45) is 1.24. The van der Waals surface area contributed by atoms with E-state index in [4.69, 9.17) is 10.8 Å². The molecule has 172 valence electrons. The fourth-order valence-corrected chi connectivity index (χ4v) is 2.91. The molecule has 0 bridgehead atoms. The van der Waals surface area contributed by atoms with Crippen molar-refractivity contribution in [2.75, 3.05) is 17.8 Å². The van der Waals surface area contributed by atoms with Gasteiger partial charge in [-0.3, -0.25) is 19.2 Å². The molecular formula is C17H30N4O7S2. The van der Waals surface area contributed by atoms with E-state index in [2.05, 4.69) is 28.6 Å². The summed E-state index contributed by atoms with van der Waals surface area (Å²) in [5, 5.41) is 25.1. The zero-order valence-electron chi connectivity index (χ0n) is 17.1. The highest BCUT2D eigenvalue weighted by molar-refractivity contribution is 7.98. The number of thioether (sulfide) groups is 1. The highest BCUT2D eigenvalue weighted by atomic mass is 32.2. The normalized spacial score (nSPS) is 14.9. The minimum atomic E-state index is -1.47. The Balaban J connectivity index is 5.22. The van der Waals surface area contributed by atoms with Gasteiger partial charge in [-0.05, 0) is 24.3 Å². The van der Waals surface area contributed by atoms with E-state index in [1.165, 1.54) is 11.8 Å². The van der Waals surface area contributed by atoms with Crippen LogP contribution in [0.2, 0.25) is 0 Å². The number of carboxylic acid groups (broad SMARTS) is 2. The molecular weight excluding hydrogens is 436 g/mol. The van der Waals surface area contributed by atoms with E-state index in [1.54, 1.807) is 20.1 Å². The van der Waals surface area contributed by atoms with Crippen LogP contribution in [0, 0.1) is 5.92 Å². The van der Waals surface area contributed by atoms with Crippen molar-refractivity contribution in [2.45, 2.75) is 50.9 Å². The summed E-state index contributed by atoms with van der Waals surface area (Å²) in [7, 11) is 0. The second kappa shape index (κ2) is 14.1. The number of amides is 3. The summed E-state index contributed by atoms with van der Waals surface area (Å²) >= 11 is 5.40. The van der Waals surface area contributed by atoms with Gasteiger partial charge in [0.05, 0.1) is 12.5 Å². The molecule has 30 heavy (non-hydrogen) atoms. The number of hydrogen-bond acceptors (Lipinski definition) is 8. The largest absolute Gasteiger partial charge is 0.481 e. The van der Waals surface area contributed by atoms with Crippen LogP contribution in [0.25, 0.3) is 0 Å². The van der Waals surface area contributed by atoms with Gasteiger partial charge in [0, 0.05) is 5.75 Å². The number of hydrogen-bond donors (Lipinski definition) is 7. The first-order valence-electron chi connectivity index (χ1n) is 9.15. The number of nitrogens with two attached hydrogens (primary N) is 1. The minimum absolute atomic E-state index is 0.175. The van der Waals surface area contributed by atoms with Crippen LogP contribution in [0.1, 0.15) is 26.7 Å². The number of thiol groups is 1. The van der Waals surface area contributed by atoms with Crippen molar-refractivity contribution in [3.8, 4) is 0 Å². The van der Waals surface area contributed by atoms with Crippen molar-refractivity contribution in [3.05, 3.63) is 0 Å². The smallest absolute Gasteiger partial charge is 0.326 e. The van der Waals surface area contributed by atoms with Crippen LogP contribution in [0.5, 0.6) is 0 Å². The molecule has 0 aliphatic heterocycles. The molecule has 0 spiro atoms. The van der Waals surface area contributed by atoms with E-state index in [0.717, 1.165) is 0 Å². The van der Waals surface area contributed by atoms with Crippen molar-refractivity contribution < 1.29 is 34.2 Å². The molecule has 0 heterocycles. The number of nitrogens with one attached hydrogen (secondary N) is 3. The molecule has 4 atom stereocenters. The number of rotatable bonds is 14. The molecule has 0 aromatic carbocycles.